The van der Waals surface area contributed by atoms with E-state index >= 15 is 0 Å². The molecule has 1 N–H and O–H groups in total. The summed E-state index contributed by atoms with van der Waals surface area (Å²) in [4.78, 5) is 14.3. The summed E-state index contributed by atoms with van der Waals surface area (Å²) < 4.78 is 11.6. The molecule has 0 saturated carbocycles. The number of benzene rings is 2. The van der Waals surface area contributed by atoms with Crippen LogP contribution in [0.2, 0.25) is 0 Å². The molecule has 140 valence electrons. The van der Waals surface area contributed by atoms with Gasteiger partial charge in [-0.05, 0) is 24.6 Å². The van der Waals surface area contributed by atoms with Gasteiger partial charge in [0.2, 0.25) is 0 Å². The summed E-state index contributed by atoms with van der Waals surface area (Å²) in [5, 5.41) is 3.28. The zero-order valence-corrected chi connectivity index (χ0v) is 15.7. The molecule has 1 aliphatic heterocycles. The fraction of sp³-hybridized carbons (Fsp3) is 0.350. The molecule has 0 spiro atoms. The number of hydrogen-bond donors (Lipinski definition) is 1. The quantitative estimate of drug-likeness (QED) is 0.842. The lowest BCUT2D eigenvalue weighted by Crippen LogP contribution is -2.53. The number of nitrogens with one attached hydrogen (secondary N) is 1. The highest BCUT2D eigenvalue weighted by Crippen LogP contribution is 2.27. The normalized spacial score (nSPS) is 16.5. The molecule has 0 unspecified atom stereocenters. The molecule has 2 aromatic carbocycles. The lowest BCUT2D eigenvalue weighted by Gasteiger charge is -2.33. The first kappa shape index (κ1) is 20.1. The van der Waals surface area contributed by atoms with Crippen LogP contribution < -0.4 is 14.8 Å². The van der Waals surface area contributed by atoms with Crippen molar-refractivity contribution in [2.75, 3.05) is 26.2 Å². The molecule has 0 aromatic heterocycles. The van der Waals surface area contributed by atoms with Gasteiger partial charge in [0.25, 0.3) is 5.91 Å². The van der Waals surface area contributed by atoms with Gasteiger partial charge < -0.3 is 19.7 Å². The van der Waals surface area contributed by atoms with Crippen LogP contribution in [0.15, 0.2) is 54.6 Å². The van der Waals surface area contributed by atoms with E-state index in [9.17, 15) is 4.79 Å². The van der Waals surface area contributed by atoms with Crippen molar-refractivity contribution in [1.82, 2.24) is 10.2 Å². The van der Waals surface area contributed by atoms with Crippen molar-refractivity contribution in [3.05, 3.63) is 60.2 Å². The lowest BCUT2D eigenvalue weighted by molar-refractivity contribution is -0.136. The number of piperazine rings is 1. The van der Waals surface area contributed by atoms with Crippen LogP contribution >= 0.6 is 12.4 Å². The number of ether oxygens (including phenoxy) is 2. The number of halogens is 1. The van der Waals surface area contributed by atoms with Crippen molar-refractivity contribution in [1.29, 1.82) is 0 Å². The van der Waals surface area contributed by atoms with Crippen molar-refractivity contribution in [2.45, 2.75) is 19.6 Å². The summed E-state index contributed by atoms with van der Waals surface area (Å²) in [6.45, 7) is 4.89. The van der Waals surface area contributed by atoms with Gasteiger partial charge in [-0.25, -0.2) is 0 Å². The minimum absolute atomic E-state index is 0. The predicted molar refractivity (Wildman–Crippen MR) is 104 cm³/mol. The Labute approximate surface area is 160 Å². The summed E-state index contributed by atoms with van der Waals surface area (Å²) in [6, 6.07) is 17.6. The summed E-state index contributed by atoms with van der Waals surface area (Å²) in [5.74, 6) is 1.24. The Morgan fingerprint density at radius 2 is 1.73 bits per heavy atom. The molecule has 0 bridgehead atoms. The van der Waals surface area contributed by atoms with Crippen LogP contribution in [-0.2, 0) is 11.4 Å². The fourth-order valence-electron chi connectivity index (χ4n) is 2.86. The second kappa shape index (κ2) is 10.0. The molecule has 1 atom stereocenters. The molecule has 3 rings (SSSR count). The summed E-state index contributed by atoms with van der Waals surface area (Å²) in [6.07, 6.45) is 0. The minimum Gasteiger partial charge on any atom is -0.485 e. The summed E-state index contributed by atoms with van der Waals surface area (Å²) >= 11 is 0. The minimum atomic E-state index is 0. The van der Waals surface area contributed by atoms with E-state index in [1.807, 2.05) is 66.4 Å². The van der Waals surface area contributed by atoms with Crippen molar-refractivity contribution in [2.24, 2.45) is 0 Å². The zero-order valence-electron chi connectivity index (χ0n) is 14.9. The first-order valence-corrected chi connectivity index (χ1v) is 8.63. The van der Waals surface area contributed by atoms with Gasteiger partial charge in [0.15, 0.2) is 18.1 Å². The van der Waals surface area contributed by atoms with E-state index in [1.165, 1.54) is 0 Å². The van der Waals surface area contributed by atoms with Crippen molar-refractivity contribution in [3.63, 3.8) is 0 Å². The molecule has 1 aliphatic rings. The Kier molecular flexibility index (Phi) is 7.75. The van der Waals surface area contributed by atoms with Crippen LogP contribution in [0, 0.1) is 0 Å². The van der Waals surface area contributed by atoms with Crippen LogP contribution in [0.25, 0.3) is 0 Å². The molecule has 0 aliphatic carbocycles. The Bertz CT molecular complexity index is 696. The highest BCUT2D eigenvalue weighted by atomic mass is 35.5. The number of amides is 1. The second-order valence-electron chi connectivity index (χ2n) is 6.15. The van der Waals surface area contributed by atoms with Gasteiger partial charge in [-0.2, -0.15) is 0 Å². The van der Waals surface area contributed by atoms with Crippen molar-refractivity contribution < 1.29 is 14.3 Å². The Morgan fingerprint density at radius 3 is 2.42 bits per heavy atom. The number of carbonyl (C=O) groups is 1. The first-order chi connectivity index (χ1) is 12.2. The lowest BCUT2D eigenvalue weighted by atomic mass is 10.2. The molecule has 1 amide bonds. The van der Waals surface area contributed by atoms with Gasteiger partial charge in [0.05, 0.1) is 0 Å². The molecular weight excluding hydrogens is 352 g/mol. The number of nitrogens with zero attached hydrogens (tertiary/aromatic N) is 1. The zero-order chi connectivity index (χ0) is 17.5. The Hall–Kier alpha value is -2.24. The summed E-state index contributed by atoms with van der Waals surface area (Å²) in [7, 11) is 0. The Morgan fingerprint density at radius 1 is 1.08 bits per heavy atom. The average Bonchev–Trinajstić information content (AvgIpc) is 2.66. The van der Waals surface area contributed by atoms with E-state index in [-0.39, 0.29) is 31.0 Å². The third-order valence-electron chi connectivity index (χ3n) is 4.26. The van der Waals surface area contributed by atoms with Crippen LogP contribution in [0.3, 0.4) is 0 Å². The van der Waals surface area contributed by atoms with E-state index in [4.69, 9.17) is 9.47 Å². The SMILES string of the molecule is C[C@H]1CNCCN1C(=O)COc1ccccc1OCc1ccccc1.Cl. The van der Waals surface area contributed by atoms with Gasteiger partial charge in [-0.1, -0.05) is 42.5 Å². The van der Waals surface area contributed by atoms with Crippen LogP contribution in [0.4, 0.5) is 0 Å². The molecule has 26 heavy (non-hydrogen) atoms. The standard InChI is InChI=1S/C20H24N2O3.ClH/c1-16-13-21-11-12-22(16)20(23)15-25-19-10-6-5-9-18(19)24-14-17-7-3-2-4-8-17;/h2-10,16,21H,11-15H2,1H3;1H/t16-;/m0./s1. The molecule has 5 nitrogen and oxygen atoms in total. The molecule has 2 aromatic rings. The van der Waals surface area contributed by atoms with E-state index < -0.39 is 0 Å². The smallest absolute Gasteiger partial charge is 0.260 e. The Balaban J connectivity index is 0.00000243. The first-order valence-electron chi connectivity index (χ1n) is 8.63. The fourth-order valence-corrected chi connectivity index (χ4v) is 2.86. The third-order valence-corrected chi connectivity index (χ3v) is 4.26. The van der Waals surface area contributed by atoms with Gasteiger partial charge in [-0.3, -0.25) is 4.79 Å². The number of para-hydroxylation sites is 2. The van der Waals surface area contributed by atoms with Crippen molar-refractivity contribution >= 4 is 18.3 Å². The largest absolute Gasteiger partial charge is 0.485 e. The van der Waals surface area contributed by atoms with Gasteiger partial charge in [-0.15, -0.1) is 12.4 Å². The van der Waals surface area contributed by atoms with Crippen LogP contribution in [0.1, 0.15) is 12.5 Å². The third kappa shape index (κ3) is 5.38. The van der Waals surface area contributed by atoms with Crippen LogP contribution in [0.5, 0.6) is 11.5 Å². The predicted octanol–water partition coefficient (Wildman–Crippen LogP) is 2.89. The average molecular weight is 377 g/mol. The molecular formula is C20H25ClN2O3. The monoisotopic (exact) mass is 376 g/mol. The maximum absolute atomic E-state index is 12.4. The highest BCUT2D eigenvalue weighted by molar-refractivity contribution is 5.85. The van der Waals surface area contributed by atoms with E-state index in [0.717, 1.165) is 25.2 Å². The molecule has 1 heterocycles. The second-order valence-corrected chi connectivity index (χ2v) is 6.15. The molecule has 1 saturated heterocycles. The molecule has 6 heteroatoms. The van der Waals surface area contributed by atoms with E-state index in [1.54, 1.807) is 0 Å². The van der Waals surface area contributed by atoms with Crippen LogP contribution in [-0.4, -0.2) is 43.1 Å². The van der Waals surface area contributed by atoms with Gasteiger partial charge in [0, 0.05) is 25.7 Å². The van der Waals surface area contributed by atoms with Crippen molar-refractivity contribution in [3.8, 4) is 11.5 Å². The van der Waals surface area contributed by atoms with Gasteiger partial charge >= 0.3 is 0 Å². The summed E-state index contributed by atoms with van der Waals surface area (Å²) in [5.41, 5.74) is 1.09. The van der Waals surface area contributed by atoms with E-state index in [0.29, 0.717) is 18.1 Å². The molecule has 0 radical (unpaired) electrons. The van der Waals surface area contributed by atoms with E-state index in [2.05, 4.69) is 5.32 Å². The topological polar surface area (TPSA) is 50.8 Å². The number of hydrogen-bond acceptors (Lipinski definition) is 4. The maximum atomic E-state index is 12.4. The van der Waals surface area contributed by atoms with Gasteiger partial charge in [0.1, 0.15) is 6.61 Å². The number of rotatable bonds is 6. The highest BCUT2D eigenvalue weighted by Gasteiger charge is 2.23. The molecule has 1 fully saturated rings. The number of carbonyl (C=O) groups excluding carboxylic acids is 1. The maximum Gasteiger partial charge on any atom is 0.260 e.